The van der Waals surface area contributed by atoms with Crippen molar-refractivity contribution in [3.8, 4) is 23.4 Å². The second-order valence-corrected chi connectivity index (χ2v) is 8.32. The van der Waals surface area contributed by atoms with E-state index in [1.165, 1.54) is 0 Å². The van der Waals surface area contributed by atoms with E-state index in [2.05, 4.69) is 45.2 Å². The number of rotatable bonds is 6. The van der Waals surface area contributed by atoms with Crippen LogP contribution in [0.15, 0.2) is 52.3 Å². The van der Waals surface area contributed by atoms with E-state index >= 15 is 0 Å². The Kier molecular flexibility index (Phi) is 6.10. The Balaban J connectivity index is 1.77. The number of hydrogen-bond acceptors (Lipinski definition) is 6. The van der Waals surface area contributed by atoms with Crippen LogP contribution in [0.25, 0.3) is 0 Å². The third-order valence-electron chi connectivity index (χ3n) is 5.43. The first-order chi connectivity index (χ1) is 15.4. The summed E-state index contributed by atoms with van der Waals surface area (Å²) >= 11 is 3.64. The number of H-pyrrole nitrogens is 1. The fourth-order valence-corrected chi connectivity index (χ4v) is 4.39. The number of aromatic amines is 1. The zero-order valence-corrected chi connectivity index (χ0v) is 19.6. The van der Waals surface area contributed by atoms with Gasteiger partial charge in [0.05, 0.1) is 17.0 Å². The van der Waals surface area contributed by atoms with Crippen molar-refractivity contribution in [2.45, 2.75) is 33.3 Å². The zero-order chi connectivity index (χ0) is 22.8. The molecule has 0 spiro atoms. The molecule has 164 valence electrons. The van der Waals surface area contributed by atoms with Crippen molar-refractivity contribution >= 4 is 15.9 Å². The number of aryl methyl sites for hydroxylation is 2. The molecule has 3 aromatic rings. The van der Waals surface area contributed by atoms with Crippen LogP contribution in [0.2, 0.25) is 0 Å². The van der Waals surface area contributed by atoms with Crippen molar-refractivity contribution < 1.29 is 14.2 Å². The van der Waals surface area contributed by atoms with E-state index in [4.69, 9.17) is 19.9 Å². The number of hydrogen-bond donors (Lipinski definition) is 2. The monoisotopic (exact) mass is 494 g/mol. The molecular weight excluding hydrogens is 472 g/mol. The van der Waals surface area contributed by atoms with Crippen LogP contribution in [-0.4, -0.2) is 16.8 Å². The van der Waals surface area contributed by atoms with Crippen molar-refractivity contribution in [3.05, 3.63) is 80.3 Å². The van der Waals surface area contributed by atoms with Crippen LogP contribution in [0.1, 0.15) is 40.8 Å². The van der Waals surface area contributed by atoms with E-state index in [-0.39, 0.29) is 5.88 Å². The summed E-state index contributed by atoms with van der Waals surface area (Å²) in [5.74, 6) is 1.16. The minimum Gasteiger partial charge on any atom is -0.490 e. The maximum atomic E-state index is 9.81. The van der Waals surface area contributed by atoms with Gasteiger partial charge in [0.15, 0.2) is 11.5 Å². The number of benzene rings is 2. The highest BCUT2D eigenvalue weighted by Crippen LogP contribution is 2.46. The van der Waals surface area contributed by atoms with Gasteiger partial charge < -0.3 is 19.9 Å². The maximum absolute atomic E-state index is 9.81. The summed E-state index contributed by atoms with van der Waals surface area (Å²) < 4.78 is 18.4. The van der Waals surface area contributed by atoms with Gasteiger partial charge in [-0.15, -0.1) is 5.10 Å². The molecule has 0 amide bonds. The Hall–Kier alpha value is -3.44. The molecule has 0 aliphatic carbocycles. The number of halogens is 1. The van der Waals surface area contributed by atoms with Gasteiger partial charge in [-0.2, -0.15) is 5.26 Å². The summed E-state index contributed by atoms with van der Waals surface area (Å²) in [6.07, 6.45) is 0. The first-order valence-electron chi connectivity index (χ1n) is 10.2. The van der Waals surface area contributed by atoms with Crippen LogP contribution in [0.5, 0.6) is 17.4 Å². The molecule has 8 heteroatoms. The summed E-state index contributed by atoms with van der Waals surface area (Å²) in [5, 5.41) is 16.9. The van der Waals surface area contributed by atoms with Gasteiger partial charge in [-0.3, -0.25) is 5.10 Å². The molecule has 4 rings (SSSR count). The molecule has 3 N–H and O–H groups in total. The Bertz CT molecular complexity index is 1240. The fourth-order valence-electron chi connectivity index (χ4n) is 3.81. The molecule has 0 saturated heterocycles. The average Bonchev–Trinajstić information content (AvgIpc) is 3.13. The van der Waals surface area contributed by atoms with Crippen LogP contribution in [0, 0.1) is 25.2 Å². The van der Waals surface area contributed by atoms with E-state index < -0.39 is 5.92 Å². The number of nitrogens with two attached hydrogens (primary N) is 1. The molecule has 0 radical (unpaired) electrons. The van der Waals surface area contributed by atoms with Gasteiger partial charge in [0.1, 0.15) is 18.2 Å². The maximum Gasteiger partial charge on any atom is 0.244 e. The number of ether oxygens (including phenoxy) is 3. The zero-order valence-electron chi connectivity index (χ0n) is 18.0. The predicted molar refractivity (Wildman–Crippen MR) is 123 cm³/mol. The molecule has 1 aliphatic rings. The number of fused-ring (bicyclic) bond motifs is 1. The Morgan fingerprint density at radius 3 is 2.75 bits per heavy atom. The molecule has 32 heavy (non-hydrogen) atoms. The molecule has 2 aromatic carbocycles. The third-order valence-corrected chi connectivity index (χ3v) is 6.02. The SMILES string of the molecule is CCOc1cc(C2C(C#N)=C(N)Oc3n[nH]c(C)c32)cc(Br)c1OCc1ccccc1C. The largest absolute Gasteiger partial charge is 0.490 e. The van der Waals surface area contributed by atoms with Crippen molar-refractivity contribution in [1.29, 1.82) is 5.26 Å². The third kappa shape index (κ3) is 3.92. The fraction of sp³-hybridized carbons (Fsp3) is 0.250. The minimum atomic E-state index is -0.441. The van der Waals surface area contributed by atoms with Gasteiger partial charge in [-0.05, 0) is 65.5 Å². The number of nitrogens with zero attached hydrogens (tertiary/aromatic N) is 2. The second-order valence-electron chi connectivity index (χ2n) is 7.47. The first kappa shape index (κ1) is 21.8. The van der Waals surface area contributed by atoms with Crippen LogP contribution in [0.4, 0.5) is 0 Å². The van der Waals surface area contributed by atoms with Gasteiger partial charge in [0.2, 0.25) is 11.8 Å². The molecule has 1 atom stereocenters. The summed E-state index contributed by atoms with van der Waals surface area (Å²) in [4.78, 5) is 0. The predicted octanol–water partition coefficient (Wildman–Crippen LogP) is 4.98. The van der Waals surface area contributed by atoms with Gasteiger partial charge in [-0.1, -0.05) is 24.3 Å². The van der Waals surface area contributed by atoms with Crippen LogP contribution in [-0.2, 0) is 6.61 Å². The first-order valence-corrected chi connectivity index (χ1v) is 11.0. The number of allylic oxidation sites excluding steroid dienone is 1. The van der Waals surface area contributed by atoms with Crippen molar-refractivity contribution in [2.75, 3.05) is 6.61 Å². The standard InChI is InChI=1S/C24H23BrN4O3/c1-4-30-19-10-16(9-18(25)22(19)31-12-15-8-6-5-7-13(15)2)21-17(11-26)23(27)32-24-20(21)14(3)28-29-24/h5-10,21H,4,12,27H2,1-3H3,(H,28,29). The van der Waals surface area contributed by atoms with E-state index in [0.717, 1.165) is 32.4 Å². The van der Waals surface area contributed by atoms with E-state index in [0.29, 0.717) is 36.2 Å². The van der Waals surface area contributed by atoms with Crippen molar-refractivity contribution in [3.63, 3.8) is 0 Å². The van der Waals surface area contributed by atoms with Gasteiger partial charge >= 0.3 is 0 Å². The van der Waals surface area contributed by atoms with E-state index in [1.807, 2.05) is 44.2 Å². The second kappa shape index (κ2) is 8.97. The highest BCUT2D eigenvalue weighted by molar-refractivity contribution is 9.10. The normalized spacial score (nSPS) is 15.0. The number of aromatic nitrogens is 2. The topological polar surface area (TPSA) is 106 Å². The van der Waals surface area contributed by atoms with Gasteiger partial charge in [0.25, 0.3) is 0 Å². The molecular formula is C24H23BrN4O3. The average molecular weight is 495 g/mol. The summed E-state index contributed by atoms with van der Waals surface area (Å²) in [5.41, 5.74) is 11.0. The Labute approximate surface area is 194 Å². The molecule has 0 bridgehead atoms. The molecule has 0 saturated carbocycles. The Morgan fingerprint density at radius 2 is 2.03 bits per heavy atom. The lowest BCUT2D eigenvalue weighted by Crippen LogP contribution is -2.21. The molecule has 1 aliphatic heterocycles. The van der Waals surface area contributed by atoms with E-state index in [1.54, 1.807) is 0 Å². The highest BCUT2D eigenvalue weighted by Gasteiger charge is 2.35. The molecule has 0 fully saturated rings. The quantitative estimate of drug-likeness (QED) is 0.500. The molecule has 1 aromatic heterocycles. The highest BCUT2D eigenvalue weighted by atomic mass is 79.9. The van der Waals surface area contributed by atoms with Crippen molar-refractivity contribution in [1.82, 2.24) is 10.2 Å². The molecule has 7 nitrogen and oxygen atoms in total. The van der Waals surface area contributed by atoms with Crippen LogP contribution < -0.4 is 19.9 Å². The minimum absolute atomic E-state index is 0.0467. The number of nitrogens with one attached hydrogen (secondary N) is 1. The summed E-state index contributed by atoms with van der Waals surface area (Å²) in [7, 11) is 0. The molecule has 1 unspecified atom stereocenters. The summed E-state index contributed by atoms with van der Waals surface area (Å²) in [6, 6.07) is 14.1. The van der Waals surface area contributed by atoms with Gasteiger partial charge in [-0.25, -0.2) is 0 Å². The lowest BCUT2D eigenvalue weighted by molar-refractivity contribution is 0.267. The molecule has 2 heterocycles. The smallest absolute Gasteiger partial charge is 0.244 e. The van der Waals surface area contributed by atoms with Crippen molar-refractivity contribution in [2.24, 2.45) is 5.73 Å². The van der Waals surface area contributed by atoms with Crippen LogP contribution >= 0.6 is 15.9 Å². The van der Waals surface area contributed by atoms with Crippen LogP contribution in [0.3, 0.4) is 0 Å². The lowest BCUT2D eigenvalue weighted by Gasteiger charge is -2.25. The van der Waals surface area contributed by atoms with Gasteiger partial charge in [0, 0.05) is 11.3 Å². The number of nitriles is 1. The lowest BCUT2D eigenvalue weighted by atomic mass is 9.84. The summed E-state index contributed by atoms with van der Waals surface area (Å²) in [6.45, 7) is 6.72. The van der Waals surface area contributed by atoms with E-state index in [9.17, 15) is 5.26 Å². The Morgan fingerprint density at radius 1 is 1.25 bits per heavy atom.